The molecule has 0 aliphatic rings. The van der Waals surface area contributed by atoms with E-state index in [-0.39, 0.29) is 11.6 Å². The second-order valence-corrected chi connectivity index (χ2v) is 3.32. The van der Waals surface area contributed by atoms with Crippen molar-refractivity contribution in [1.82, 2.24) is 4.98 Å². The van der Waals surface area contributed by atoms with Crippen LogP contribution >= 0.6 is 0 Å². The van der Waals surface area contributed by atoms with Crippen LogP contribution in [0.2, 0.25) is 0 Å². The standard InChI is InChI=1S/C12H9N3O/c13-6-8-2-1-3-9(4-8)10-5-11(16)12(14)15-7-10/h1-5,7,16H,(H2,14,15). The lowest BCUT2D eigenvalue weighted by atomic mass is 10.1. The number of benzene rings is 1. The molecular weight excluding hydrogens is 202 g/mol. The van der Waals surface area contributed by atoms with Crippen LogP contribution in [0.1, 0.15) is 5.56 Å². The summed E-state index contributed by atoms with van der Waals surface area (Å²) in [6.45, 7) is 0. The zero-order valence-corrected chi connectivity index (χ0v) is 8.38. The van der Waals surface area contributed by atoms with Gasteiger partial charge in [-0.2, -0.15) is 5.26 Å². The van der Waals surface area contributed by atoms with Crippen molar-refractivity contribution in [3.63, 3.8) is 0 Å². The molecule has 0 spiro atoms. The highest BCUT2D eigenvalue weighted by molar-refractivity contribution is 5.67. The molecule has 0 saturated carbocycles. The number of anilines is 1. The lowest BCUT2D eigenvalue weighted by Crippen LogP contribution is -1.90. The van der Waals surface area contributed by atoms with E-state index >= 15 is 0 Å². The second kappa shape index (κ2) is 3.91. The van der Waals surface area contributed by atoms with Crippen LogP contribution in [-0.4, -0.2) is 10.1 Å². The van der Waals surface area contributed by atoms with Crippen LogP contribution < -0.4 is 5.73 Å². The van der Waals surface area contributed by atoms with E-state index in [1.54, 1.807) is 24.4 Å². The Labute approximate surface area is 92.6 Å². The molecule has 16 heavy (non-hydrogen) atoms. The maximum atomic E-state index is 9.44. The minimum Gasteiger partial charge on any atom is -0.504 e. The van der Waals surface area contributed by atoms with Crippen molar-refractivity contribution in [2.45, 2.75) is 0 Å². The summed E-state index contributed by atoms with van der Waals surface area (Å²) in [5.74, 6) is 0.0417. The Hall–Kier alpha value is -2.54. The van der Waals surface area contributed by atoms with Crippen LogP contribution in [0.5, 0.6) is 5.75 Å². The number of nitrogen functional groups attached to an aromatic ring is 1. The lowest BCUT2D eigenvalue weighted by molar-refractivity contribution is 0.476. The third-order valence-corrected chi connectivity index (χ3v) is 2.22. The number of nitrogens with two attached hydrogens (primary N) is 1. The Morgan fingerprint density at radius 3 is 2.75 bits per heavy atom. The molecule has 0 aliphatic carbocycles. The lowest BCUT2D eigenvalue weighted by Gasteiger charge is -2.03. The predicted octanol–water partition coefficient (Wildman–Crippen LogP) is 1.91. The van der Waals surface area contributed by atoms with E-state index in [1.807, 2.05) is 6.07 Å². The van der Waals surface area contributed by atoms with Crippen LogP contribution in [0, 0.1) is 11.3 Å². The van der Waals surface area contributed by atoms with Gasteiger partial charge < -0.3 is 10.8 Å². The van der Waals surface area contributed by atoms with Gasteiger partial charge in [-0.05, 0) is 23.8 Å². The number of hydrogen-bond acceptors (Lipinski definition) is 4. The second-order valence-electron chi connectivity index (χ2n) is 3.32. The molecule has 4 heteroatoms. The number of hydrogen-bond donors (Lipinski definition) is 2. The van der Waals surface area contributed by atoms with Crippen molar-refractivity contribution < 1.29 is 5.11 Å². The molecule has 0 unspecified atom stereocenters. The average molecular weight is 211 g/mol. The van der Waals surface area contributed by atoms with Crippen LogP contribution in [-0.2, 0) is 0 Å². The van der Waals surface area contributed by atoms with Gasteiger partial charge in [0.25, 0.3) is 0 Å². The first-order valence-corrected chi connectivity index (χ1v) is 4.66. The molecular formula is C12H9N3O. The van der Waals surface area contributed by atoms with Gasteiger partial charge in [-0.3, -0.25) is 0 Å². The van der Waals surface area contributed by atoms with E-state index in [0.717, 1.165) is 11.1 Å². The Morgan fingerprint density at radius 2 is 2.06 bits per heavy atom. The molecule has 4 nitrogen and oxygen atoms in total. The summed E-state index contributed by atoms with van der Waals surface area (Å²) in [6, 6.07) is 10.6. The molecule has 0 atom stereocenters. The minimum absolute atomic E-state index is 0.0557. The molecule has 2 rings (SSSR count). The van der Waals surface area contributed by atoms with Crippen LogP contribution in [0.3, 0.4) is 0 Å². The highest BCUT2D eigenvalue weighted by Crippen LogP contribution is 2.26. The summed E-state index contributed by atoms with van der Waals surface area (Å²) in [6.07, 6.45) is 1.56. The van der Waals surface area contributed by atoms with Gasteiger partial charge in [0, 0.05) is 11.8 Å². The van der Waals surface area contributed by atoms with Gasteiger partial charge >= 0.3 is 0 Å². The van der Waals surface area contributed by atoms with Crippen LogP contribution in [0.15, 0.2) is 36.5 Å². The number of aromatic hydroxyl groups is 1. The maximum absolute atomic E-state index is 9.44. The van der Waals surface area contributed by atoms with Crippen molar-refractivity contribution in [2.24, 2.45) is 0 Å². The molecule has 0 bridgehead atoms. The minimum atomic E-state index is -0.0557. The fourth-order valence-electron chi connectivity index (χ4n) is 1.39. The summed E-state index contributed by atoms with van der Waals surface area (Å²) >= 11 is 0. The summed E-state index contributed by atoms with van der Waals surface area (Å²) in [5.41, 5.74) is 7.52. The summed E-state index contributed by atoms with van der Waals surface area (Å²) in [5, 5.41) is 18.2. The quantitative estimate of drug-likeness (QED) is 0.754. The van der Waals surface area contributed by atoms with E-state index in [9.17, 15) is 5.11 Å². The van der Waals surface area contributed by atoms with Gasteiger partial charge in [-0.25, -0.2) is 4.98 Å². The van der Waals surface area contributed by atoms with Crippen molar-refractivity contribution in [1.29, 1.82) is 5.26 Å². The topological polar surface area (TPSA) is 82.9 Å². The third kappa shape index (κ3) is 1.79. The number of pyridine rings is 1. The number of nitriles is 1. The van der Waals surface area contributed by atoms with Crippen molar-refractivity contribution in [3.05, 3.63) is 42.1 Å². The summed E-state index contributed by atoms with van der Waals surface area (Å²) < 4.78 is 0. The molecule has 0 radical (unpaired) electrons. The van der Waals surface area contributed by atoms with Crippen molar-refractivity contribution in [2.75, 3.05) is 5.73 Å². The number of rotatable bonds is 1. The Bertz CT molecular complexity index is 573. The van der Waals surface area contributed by atoms with Gasteiger partial charge in [-0.1, -0.05) is 12.1 Å². The fourth-order valence-corrected chi connectivity index (χ4v) is 1.39. The van der Waals surface area contributed by atoms with Crippen LogP contribution in [0.4, 0.5) is 5.82 Å². The average Bonchev–Trinajstić information content (AvgIpc) is 2.33. The maximum Gasteiger partial charge on any atom is 0.165 e. The molecule has 0 saturated heterocycles. The van der Waals surface area contributed by atoms with E-state index in [0.29, 0.717) is 5.56 Å². The fraction of sp³-hybridized carbons (Fsp3) is 0. The first kappa shape index (κ1) is 9.99. The Kier molecular flexibility index (Phi) is 2.44. The SMILES string of the molecule is N#Cc1cccc(-c2cnc(N)c(O)c2)c1. The Balaban J connectivity index is 2.51. The number of nitrogens with zero attached hydrogens (tertiary/aromatic N) is 2. The molecule has 78 valence electrons. The van der Waals surface area contributed by atoms with Gasteiger partial charge in [0.1, 0.15) is 0 Å². The molecule has 2 aromatic rings. The molecule has 1 aromatic carbocycles. The molecule has 0 amide bonds. The Morgan fingerprint density at radius 1 is 1.25 bits per heavy atom. The zero-order chi connectivity index (χ0) is 11.5. The monoisotopic (exact) mass is 211 g/mol. The smallest absolute Gasteiger partial charge is 0.165 e. The molecule has 1 heterocycles. The predicted molar refractivity (Wildman–Crippen MR) is 60.5 cm³/mol. The molecule has 0 aliphatic heterocycles. The van der Waals surface area contributed by atoms with Crippen molar-refractivity contribution in [3.8, 4) is 22.9 Å². The van der Waals surface area contributed by atoms with Crippen LogP contribution in [0.25, 0.3) is 11.1 Å². The first-order chi connectivity index (χ1) is 7.70. The van der Waals surface area contributed by atoms with E-state index in [1.165, 1.54) is 6.07 Å². The zero-order valence-electron chi connectivity index (χ0n) is 8.38. The molecule has 0 fully saturated rings. The van der Waals surface area contributed by atoms with E-state index in [2.05, 4.69) is 11.1 Å². The molecule has 3 N–H and O–H groups in total. The van der Waals surface area contributed by atoms with Gasteiger partial charge in [0.05, 0.1) is 11.6 Å². The highest BCUT2D eigenvalue weighted by Gasteiger charge is 2.03. The molecule has 1 aromatic heterocycles. The van der Waals surface area contributed by atoms with Gasteiger partial charge in [0.15, 0.2) is 11.6 Å². The van der Waals surface area contributed by atoms with Crippen molar-refractivity contribution >= 4 is 5.82 Å². The normalized spacial score (nSPS) is 9.69. The highest BCUT2D eigenvalue weighted by atomic mass is 16.3. The largest absolute Gasteiger partial charge is 0.504 e. The third-order valence-electron chi connectivity index (χ3n) is 2.22. The van der Waals surface area contributed by atoms with Gasteiger partial charge in [0.2, 0.25) is 0 Å². The van der Waals surface area contributed by atoms with E-state index < -0.39 is 0 Å². The number of aromatic nitrogens is 1. The first-order valence-electron chi connectivity index (χ1n) is 4.66. The van der Waals surface area contributed by atoms with Gasteiger partial charge in [-0.15, -0.1) is 0 Å². The summed E-state index contributed by atoms with van der Waals surface area (Å²) in [7, 11) is 0. The van der Waals surface area contributed by atoms with E-state index in [4.69, 9.17) is 11.0 Å². The summed E-state index contributed by atoms with van der Waals surface area (Å²) in [4.78, 5) is 3.86.